The lowest BCUT2D eigenvalue weighted by atomic mass is 9.74. The van der Waals surface area contributed by atoms with Crippen LogP contribution in [0.15, 0.2) is 11.4 Å². The van der Waals surface area contributed by atoms with Gasteiger partial charge in [-0.3, -0.25) is 9.59 Å². The Labute approximate surface area is 144 Å². The maximum absolute atomic E-state index is 12.6. The second-order valence-electron chi connectivity index (χ2n) is 7.75. The topological polar surface area (TPSA) is 71.5 Å². The van der Waals surface area contributed by atoms with Gasteiger partial charge in [0.2, 0.25) is 5.91 Å². The Kier molecular flexibility index (Phi) is 3.25. The van der Waals surface area contributed by atoms with Crippen molar-refractivity contribution in [1.29, 1.82) is 0 Å². The van der Waals surface area contributed by atoms with Crippen molar-refractivity contribution in [2.75, 3.05) is 26.3 Å². The summed E-state index contributed by atoms with van der Waals surface area (Å²) in [6, 6.07) is 1.92. The zero-order valence-corrected chi connectivity index (χ0v) is 14.3. The van der Waals surface area contributed by atoms with Crippen molar-refractivity contribution >= 4 is 23.3 Å². The number of nitrogens with one attached hydrogen (secondary N) is 1. The van der Waals surface area contributed by atoms with Gasteiger partial charge in [-0.2, -0.15) is 4.37 Å². The molecule has 4 aliphatic rings. The van der Waals surface area contributed by atoms with E-state index < -0.39 is 0 Å². The van der Waals surface area contributed by atoms with Gasteiger partial charge in [-0.25, -0.2) is 0 Å². The predicted octanol–water partition coefficient (Wildman–Crippen LogP) is 1.15. The summed E-state index contributed by atoms with van der Waals surface area (Å²) in [5.41, 5.74) is 0.585. The Morgan fingerprint density at radius 2 is 2.12 bits per heavy atom. The number of amides is 2. The maximum atomic E-state index is 12.6. The third-order valence-electron chi connectivity index (χ3n) is 6.44. The number of hydrogen-bond acceptors (Lipinski definition) is 5. The van der Waals surface area contributed by atoms with E-state index in [1.165, 1.54) is 11.5 Å². The SMILES string of the molecule is O=C(NC1CCCC12CN(C(=O)C1[C@H]3COC[C@@H]13)C2)c1ccsn1. The number of carbonyl (C=O) groups excluding carboxylic acids is 2. The summed E-state index contributed by atoms with van der Waals surface area (Å²) < 4.78 is 9.49. The lowest BCUT2D eigenvalue weighted by molar-refractivity contribution is -0.147. The van der Waals surface area contributed by atoms with Crippen LogP contribution in [0, 0.1) is 23.2 Å². The molecule has 5 rings (SSSR count). The highest BCUT2D eigenvalue weighted by Gasteiger charge is 2.62. The molecular formula is C17H21N3O3S. The van der Waals surface area contributed by atoms with Gasteiger partial charge in [-0.1, -0.05) is 6.42 Å². The summed E-state index contributed by atoms with van der Waals surface area (Å²) in [7, 11) is 0. The molecule has 2 saturated heterocycles. The quantitative estimate of drug-likeness (QED) is 0.890. The lowest BCUT2D eigenvalue weighted by Gasteiger charge is -2.51. The molecule has 1 N–H and O–H groups in total. The summed E-state index contributed by atoms with van der Waals surface area (Å²) in [5.74, 6) is 1.38. The number of fused-ring (bicyclic) bond motifs is 1. The number of aromatic nitrogens is 1. The molecule has 7 heteroatoms. The van der Waals surface area contributed by atoms with Crippen molar-refractivity contribution in [3.63, 3.8) is 0 Å². The van der Waals surface area contributed by atoms with Gasteiger partial charge >= 0.3 is 0 Å². The molecule has 0 radical (unpaired) electrons. The van der Waals surface area contributed by atoms with E-state index in [0.717, 1.165) is 45.6 Å². The highest BCUT2D eigenvalue weighted by atomic mass is 32.1. The highest BCUT2D eigenvalue weighted by molar-refractivity contribution is 7.03. The molecule has 1 aromatic heterocycles. The average molecular weight is 347 g/mol. The zero-order valence-electron chi connectivity index (χ0n) is 13.4. The fraction of sp³-hybridized carbons (Fsp3) is 0.706. The molecule has 4 atom stereocenters. The fourth-order valence-electron chi connectivity index (χ4n) is 4.99. The number of likely N-dealkylation sites (tertiary alicyclic amines) is 1. The van der Waals surface area contributed by atoms with E-state index in [0.29, 0.717) is 23.4 Å². The van der Waals surface area contributed by atoms with E-state index in [4.69, 9.17) is 4.74 Å². The van der Waals surface area contributed by atoms with Gasteiger partial charge in [-0.05, 0) is 42.3 Å². The van der Waals surface area contributed by atoms with Gasteiger partial charge in [0, 0.05) is 35.8 Å². The van der Waals surface area contributed by atoms with E-state index in [1.54, 1.807) is 6.07 Å². The van der Waals surface area contributed by atoms with Crippen LogP contribution in [0.4, 0.5) is 0 Å². The third-order valence-corrected chi connectivity index (χ3v) is 7.00. The van der Waals surface area contributed by atoms with Crippen molar-refractivity contribution in [2.45, 2.75) is 25.3 Å². The van der Waals surface area contributed by atoms with Crippen LogP contribution in [0.2, 0.25) is 0 Å². The van der Waals surface area contributed by atoms with Gasteiger partial charge < -0.3 is 15.0 Å². The molecule has 1 spiro atoms. The van der Waals surface area contributed by atoms with Gasteiger partial charge in [-0.15, -0.1) is 0 Å². The number of ether oxygens (including phenoxy) is 1. The molecule has 2 aliphatic carbocycles. The Hall–Kier alpha value is -1.47. The van der Waals surface area contributed by atoms with E-state index in [1.807, 2.05) is 10.3 Å². The van der Waals surface area contributed by atoms with Crippen LogP contribution in [0.25, 0.3) is 0 Å². The van der Waals surface area contributed by atoms with Crippen molar-refractivity contribution < 1.29 is 14.3 Å². The molecule has 0 bridgehead atoms. The fourth-order valence-corrected chi connectivity index (χ4v) is 5.50. The minimum Gasteiger partial charge on any atom is -0.381 e. The molecule has 2 aliphatic heterocycles. The summed E-state index contributed by atoms with van der Waals surface area (Å²) in [6.07, 6.45) is 3.21. The van der Waals surface area contributed by atoms with E-state index in [-0.39, 0.29) is 23.3 Å². The number of nitrogens with zero attached hydrogens (tertiary/aromatic N) is 2. The summed E-state index contributed by atoms with van der Waals surface area (Å²) >= 11 is 1.29. The Balaban J connectivity index is 1.21. The van der Waals surface area contributed by atoms with Crippen molar-refractivity contribution in [3.8, 4) is 0 Å². The number of hydrogen-bond donors (Lipinski definition) is 1. The van der Waals surface area contributed by atoms with Crippen LogP contribution >= 0.6 is 11.5 Å². The molecule has 2 unspecified atom stereocenters. The van der Waals surface area contributed by atoms with Crippen LogP contribution in [0.3, 0.4) is 0 Å². The van der Waals surface area contributed by atoms with Crippen LogP contribution < -0.4 is 5.32 Å². The van der Waals surface area contributed by atoms with Crippen LogP contribution in [-0.2, 0) is 9.53 Å². The molecule has 128 valence electrons. The first-order valence-corrected chi connectivity index (χ1v) is 9.59. The van der Waals surface area contributed by atoms with Gasteiger partial charge in [0.25, 0.3) is 5.91 Å². The summed E-state index contributed by atoms with van der Waals surface area (Å²) in [4.78, 5) is 26.9. The molecule has 6 nitrogen and oxygen atoms in total. The second-order valence-corrected chi connectivity index (χ2v) is 8.42. The molecule has 2 amide bonds. The van der Waals surface area contributed by atoms with Gasteiger partial charge in [0.05, 0.1) is 13.2 Å². The smallest absolute Gasteiger partial charge is 0.271 e. The normalized spacial score (nSPS) is 35.6. The Morgan fingerprint density at radius 1 is 1.33 bits per heavy atom. The number of carbonyl (C=O) groups is 2. The summed E-state index contributed by atoms with van der Waals surface area (Å²) in [5, 5.41) is 4.98. The summed E-state index contributed by atoms with van der Waals surface area (Å²) in [6.45, 7) is 3.11. The minimum atomic E-state index is -0.0822. The van der Waals surface area contributed by atoms with Crippen molar-refractivity contribution in [3.05, 3.63) is 17.1 Å². The van der Waals surface area contributed by atoms with E-state index in [9.17, 15) is 9.59 Å². The predicted molar refractivity (Wildman–Crippen MR) is 87.5 cm³/mol. The van der Waals surface area contributed by atoms with Gasteiger partial charge in [0.1, 0.15) is 5.69 Å². The monoisotopic (exact) mass is 347 g/mol. The van der Waals surface area contributed by atoms with Crippen LogP contribution in [-0.4, -0.2) is 53.4 Å². The van der Waals surface area contributed by atoms with Gasteiger partial charge in [0.15, 0.2) is 0 Å². The molecule has 24 heavy (non-hydrogen) atoms. The minimum absolute atomic E-state index is 0.0822. The Morgan fingerprint density at radius 3 is 2.83 bits per heavy atom. The third kappa shape index (κ3) is 2.14. The molecule has 4 fully saturated rings. The second kappa shape index (κ2) is 5.26. The average Bonchev–Trinajstić information content (AvgIpc) is 3.07. The lowest BCUT2D eigenvalue weighted by Crippen LogP contribution is -2.65. The molecule has 3 heterocycles. The molecule has 2 saturated carbocycles. The largest absolute Gasteiger partial charge is 0.381 e. The molecular weight excluding hydrogens is 326 g/mol. The van der Waals surface area contributed by atoms with Crippen molar-refractivity contribution in [1.82, 2.24) is 14.6 Å². The van der Waals surface area contributed by atoms with Crippen LogP contribution in [0.5, 0.6) is 0 Å². The first kappa shape index (κ1) is 14.8. The highest BCUT2D eigenvalue weighted by Crippen LogP contribution is 2.54. The standard InChI is InChI=1S/C17H21N3O3S/c21-15(12-3-5-24-19-12)18-13-2-1-4-17(13)8-20(9-17)16(22)14-10-6-23-7-11(10)14/h3,5,10-11,13-14H,1-2,4,6-9H2,(H,18,21)/t10-,11+,13?,14?. The maximum Gasteiger partial charge on any atom is 0.271 e. The number of rotatable bonds is 3. The first-order valence-electron chi connectivity index (χ1n) is 8.76. The van der Waals surface area contributed by atoms with E-state index >= 15 is 0 Å². The van der Waals surface area contributed by atoms with Crippen molar-refractivity contribution in [2.24, 2.45) is 23.2 Å². The zero-order chi connectivity index (χ0) is 16.3. The van der Waals surface area contributed by atoms with E-state index in [2.05, 4.69) is 9.69 Å². The molecule has 1 aromatic rings. The van der Waals surface area contributed by atoms with Crippen LogP contribution in [0.1, 0.15) is 29.8 Å². The molecule has 0 aromatic carbocycles. The first-order chi connectivity index (χ1) is 11.7. The Bertz CT molecular complexity index is 661.